The molecule has 0 aromatic rings. The van der Waals surface area contributed by atoms with Crippen molar-refractivity contribution in [1.82, 2.24) is 0 Å². The Morgan fingerprint density at radius 2 is 0.803 bits per heavy atom. The molecule has 0 saturated heterocycles. The van der Waals surface area contributed by atoms with Crippen LogP contribution < -0.4 is 5.11 Å². The molecule has 8 heteroatoms. The van der Waals surface area contributed by atoms with Gasteiger partial charge in [0.25, 0.3) is 0 Å². The first-order chi connectivity index (χ1) is 32.1. The van der Waals surface area contributed by atoms with Gasteiger partial charge in [-0.1, -0.05) is 216 Å². The summed E-state index contributed by atoms with van der Waals surface area (Å²) in [6.07, 6.45) is 61.2. The topological polar surface area (TPSA) is 102 Å². The summed E-state index contributed by atoms with van der Waals surface area (Å²) in [6.45, 7) is 4.62. The van der Waals surface area contributed by atoms with Crippen LogP contribution >= 0.6 is 0 Å². The lowest BCUT2D eigenvalue weighted by molar-refractivity contribution is -0.889. The summed E-state index contributed by atoms with van der Waals surface area (Å²) in [6, 6.07) is -0.734. The van der Waals surface area contributed by atoms with Gasteiger partial charge >= 0.3 is 11.9 Å². The molecule has 0 saturated carbocycles. The average molecular weight is 926 g/mol. The van der Waals surface area contributed by atoms with E-state index in [-0.39, 0.29) is 42.7 Å². The standard InChI is InChI=1S/C58H103NO7/c1-6-8-10-12-14-16-18-20-22-24-26-28-30-32-34-36-38-40-42-44-46-48-56(60)65-53-54(52-64-51-50-55(58(62)63)59(3,4)5)66-57(61)49-47-45-43-41-39-37-35-33-31-29-27-25-23-21-19-17-15-13-11-9-7-2/h14,16,20,22,26,28,32,34,38,40,54-55H,6-13,15,17-19,21,23-25,27,29-31,33,35-37,39,41-53H2,1-5H3/b16-14+,22-20+,28-26+,34-32+,40-38+. The summed E-state index contributed by atoms with van der Waals surface area (Å²) in [5.74, 6) is -1.78. The summed E-state index contributed by atoms with van der Waals surface area (Å²) in [5.41, 5.74) is 0. The summed E-state index contributed by atoms with van der Waals surface area (Å²) >= 11 is 0. The van der Waals surface area contributed by atoms with Crippen LogP contribution in [0.15, 0.2) is 60.8 Å². The molecule has 0 aliphatic carbocycles. The van der Waals surface area contributed by atoms with Gasteiger partial charge in [-0.3, -0.25) is 9.59 Å². The number of hydrogen-bond donors (Lipinski definition) is 0. The third kappa shape index (κ3) is 46.2. The molecule has 8 nitrogen and oxygen atoms in total. The van der Waals surface area contributed by atoms with E-state index in [2.05, 4.69) is 74.6 Å². The number of carboxylic acid groups (broad SMARTS) is 1. The Balaban J connectivity index is 4.28. The first kappa shape index (κ1) is 63.0. The van der Waals surface area contributed by atoms with Crippen molar-refractivity contribution in [2.24, 2.45) is 0 Å². The van der Waals surface area contributed by atoms with Crippen LogP contribution in [-0.2, 0) is 28.6 Å². The Morgan fingerprint density at radius 1 is 0.455 bits per heavy atom. The van der Waals surface area contributed by atoms with Crippen molar-refractivity contribution >= 4 is 17.9 Å². The van der Waals surface area contributed by atoms with E-state index in [0.29, 0.717) is 19.3 Å². The van der Waals surface area contributed by atoms with Crippen molar-refractivity contribution in [2.75, 3.05) is 41.0 Å². The monoisotopic (exact) mass is 926 g/mol. The van der Waals surface area contributed by atoms with Gasteiger partial charge in [0.05, 0.1) is 40.3 Å². The van der Waals surface area contributed by atoms with E-state index in [9.17, 15) is 19.5 Å². The number of unbranched alkanes of at least 4 members (excludes halogenated alkanes) is 25. The smallest absolute Gasteiger partial charge is 0.306 e. The van der Waals surface area contributed by atoms with Crippen LogP contribution in [0.5, 0.6) is 0 Å². The Kier molecular flexibility index (Phi) is 46.3. The fourth-order valence-corrected chi connectivity index (χ4v) is 7.91. The van der Waals surface area contributed by atoms with E-state index in [4.69, 9.17) is 14.2 Å². The Hall–Kier alpha value is -2.97. The lowest BCUT2D eigenvalue weighted by atomic mass is 10.0. The Labute approximate surface area is 407 Å². The number of aliphatic carboxylic acids is 1. The first-order valence-corrected chi connectivity index (χ1v) is 27.3. The normalized spacial score (nSPS) is 13.3. The molecule has 0 bridgehead atoms. The van der Waals surface area contributed by atoms with Gasteiger partial charge < -0.3 is 28.6 Å². The highest BCUT2D eigenvalue weighted by Gasteiger charge is 2.25. The molecule has 0 rings (SSSR count). The van der Waals surface area contributed by atoms with E-state index in [1.54, 1.807) is 21.1 Å². The zero-order valence-corrected chi connectivity index (χ0v) is 43.6. The van der Waals surface area contributed by atoms with Crippen LogP contribution in [0.3, 0.4) is 0 Å². The molecule has 0 aliphatic heterocycles. The molecule has 0 aromatic heterocycles. The third-order valence-corrected chi connectivity index (χ3v) is 12.2. The number of likely N-dealkylation sites (N-methyl/N-ethyl adjacent to an activating group) is 1. The van der Waals surface area contributed by atoms with E-state index >= 15 is 0 Å². The van der Waals surface area contributed by atoms with Crippen molar-refractivity contribution in [2.45, 2.75) is 251 Å². The summed E-state index contributed by atoms with van der Waals surface area (Å²) in [5, 5.41) is 11.7. The van der Waals surface area contributed by atoms with Crippen molar-refractivity contribution in [3.05, 3.63) is 60.8 Å². The summed E-state index contributed by atoms with van der Waals surface area (Å²) in [4.78, 5) is 37.1. The lowest BCUT2D eigenvalue weighted by Crippen LogP contribution is -2.55. The van der Waals surface area contributed by atoms with Gasteiger partial charge in [-0.2, -0.15) is 0 Å². The number of carboxylic acids is 1. The van der Waals surface area contributed by atoms with Crippen LogP contribution in [0, 0.1) is 0 Å². The van der Waals surface area contributed by atoms with Gasteiger partial charge in [-0.05, 0) is 64.2 Å². The lowest BCUT2D eigenvalue weighted by Gasteiger charge is -2.34. The highest BCUT2D eigenvalue weighted by molar-refractivity contribution is 5.70. The molecule has 0 aliphatic rings. The molecular weight excluding hydrogens is 823 g/mol. The van der Waals surface area contributed by atoms with Gasteiger partial charge in [-0.25, -0.2) is 0 Å². The number of nitrogens with zero attached hydrogens (tertiary/aromatic N) is 1. The molecular formula is C58H103NO7. The molecule has 66 heavy (non-hydrogen) atoms. The second-order valence-electron chi connectivity index (χ2n) is 19.5. The Morgan fingerprint density at radius 3 is 1.21 bits per heavy atom. The second-order valence-corrected chi connectivity index (χ2v) is 19.5. The Bertz CT molecular complexity index is 1260. The number of carbonyl (C=O) groups is 3. The molecule has 0 N–H and O–H groups in total. The second kappa shape index (κ2) is 48.5. The van der Waals surface area contributed by atoms with Crippen molar-refractivity contribution < 1.29 is 38.2 Å². The van der Waals surface area contributed by atoms with Crippen LogP contribution in [0.4, 0.5) is 0 Å². The molecule has 2 unspecified atom stereocenters. The van der Waals surface area contributed by atoms with Gasteiger partial charge in [0.15, 0.2) is 6.10 Å². The number of allylic oxidation sites excluding steroid dienone is 10. The van der Waals surface area contributed by atoms with Crippen molar-refractivity contribution in [1.29, 1.82) is 0 Å². The fourth-order valence-electron chi connectivity index (χ4n) is 7.91. The maximum Gasteiger partial charge on any atom is 0.306 e. The molecule has 0 aromatic carbocycles. The molecule has 0 heterocycles. The van der Waals surface area contributed by atoms with Crippen molar-refractivity contribution in [3.63, 3.8) is 0 Å². The van der Waals surface area contributed by atoms with Crippen LogP contribution in [0.1, 0.15) is 239 Å². The molecule has 0 amide bonds. The minimum atomic E-state index is -1.13. The van der Waals surface area contributed by atoms with Crippen LogP contribution in [0.2, 0.25) is 0 Å². The highest BCUT2D eigenvalue weighted by atomic mass is 16.6. The van der Waals surface area contributed by atoms with E-state index < -0.39 is 18.1 Å². The average Bonchev–Trinajstić information content (AvgIpc) is 3.28. The molecule has 0 fully saturated rings. The number of esters is 2. The van der Waals surface area contributed by atoms with Gasteiger partial charge in [0.1, 0.15) is 12.6 Å². The molecule has 382 valence electrons. The zero-order valence-electron chi connectivity index (χ0n) is 43.6. The number of hydrogen-bond acceptors (Lipinski definition) is 7. The van der Waals surface area contributed by atoms with E-state index in [0.717, 1.165) is 57.8 Å². The maximum absolute atomic E-state index is 12.8. The predicted molar refractivity (Wildman–Crippen MR) is 277 cm³/mol. The van der Waals surface area contributed by atoms with Gasteiger partial charge in [-0.15, -0.1) is 0 Å². The fraction of sp³-hybridized carbons (Fsp3) is 0.776. The van der Waals surface area contributed by atoms with Crippen molar-refractivity contribution in [3.8, 4) is 0 Å². The predicted octanol–water partition coefficient (Wildman–Crippen LogP) is 14.8. The van der Waals surface area contributed by atoms with E-state index in [1.807, 2.05) is 0 Å². The minimum Gasteiger partial charge on any atom is -0.544 e. The van der Waals surface area contributed by atoms with Gasteiger partial charge in [0, 0.05) is 19.3 Å². The summed E-state index contributed by atoms with van der Waals surface area (Å²) in [7, 11) is 5.41. The SMILES string of the molecule is CCCCC/C=C/C/C=C/C/C=C/C/C=C/C/C=C/CCCCC(=O)OCC(COCCC(C(=O)[O-])[N+](C)(C)C)OC(=O)CCCCCCCCCCCCCCCCCCCCCCC. The third-order valence-electron chi connectivity index (χ3n) is 12.2. The number of ether oxygens (including phenoxy) is 3. The molecule has 0 spiro atoms. The first-order valence-electron chi connectivity index (χ1n) is 27.3. The highest BCUT2D eigenvalue weighted by Crippen LogP contribution is 2.16. The maximum atomic E-state index is 12.8. The van der Waals surface area contributed by atoms with E-state index in [1.165, 1.54) is 141 Å². The van der Waals surface area contributed by atoms with Crippen LogP contribution in [-0.4, -0.2) is 75.5 Å². The number of quaternary nitrogens is 1. The quantitative estimate of drug-likeness (QED) is 0.0259. The largest absolute Gasteiger partial charge is 0.544 e. The zero-order chi connectivity index (χ0) is 48.4. The number of carbonyl (C=O) groups excluding carboxylic acids is 3. The molecule has 0 radical (unpaired) electrons. The van der Waals surface area contributed by atoms with Crippen LogP contribution in [0.25, 0.3) is 0 Å². The van der Waals surface area contributed by atoms with Gasteiger partial charge in [0.2, 0.25) is 0 Å². The minimum absolute atomic E-state index is 0.0273. The summed E-state index contributed by atoms with van der Waals surface area (Å²) < 4.78 is 17.2. The number of rotatable bonds is 49. The molecule has 2 atom stereocenters.